The van der Waals surface area contributed by atoms with Gasteiger partial charge in [-0.1, -0.05) is 0 Å². The predicted molar refractivity (Wildman–Crippen MR) is 76.7 cm³/mol. The van der Waals surface area contributed by atoms with Gasteiger partial charge in [0.05, 0.1) is 6.10 Å². The minimum Gasteiger partial charge on any atom is -0.376 e. The molecule has 2 N–H and O–H groups in total. The Morgan fingerprint density at radius 1 is 1.50 bits per heavy atom. The van der Waals surface area contributed by atoms with Gasteiger partial charge in [-0.25, -0.2) is 9.97 Å². The monoisotopic (exact) mass is 278 g/mol. The van der Waals surface area contributed by atoms with Crippen LogP contribution in [-0.4, -0.2) is 40.7 Å². The Kier molecular flexibility index (Phi) is 4.54. The second-order valence-electron chi connectivity index (χ2n) is 5.99. The van der Waals surface area contributed by atoms with E-state index in [4.69, 9.17) is 4.74 Å². The Morgan fingerprint density at radius 2 is 2.30 bits per heavy atom. The zero-order valence-corrected chi connectivity index (χ0v) is 12.3. The summed E-state index contributed by atoms with van der Waals surface area (Å²) in [5, 5.41) is 6.00. The second-order valence-corrected chi connectivity index (χ2v) is 5.99. The maximum absolute atomic E-state index is 12.0. The standard InChI is InChI=1S/C14H22N4O2/c1-14(2,3)18-12(19)11-6-7-15-13(17-11)16-9-10-5-4-8-20-10/h6-7,10H,4-5,8-9H2,1-3H3,(H,18,19)(H,15,16,17). The Morgan fingerprint density at radius 3 is 2.95 bits per heavy atom. The van der Waals surface area contributed by atoms with Gasteiger partial charge in [-0.05, 0) is 39.7 Å². The van der Waals surface area contributed by atoms with Gasteiger partial charge in [-0.3, -0.25) is 4.79 Å². The first-order chi connectivity index (χ1) is 9.44. The van der Waals surface area contributed by atoms with E-state index in [1.54, 1.807) is 12.3 Å². The molecule has 1 fully saturated rings. The van der Waals surface area contributed by atoms with Crippen molar-refractivity contribution in [1.29, 1.82) is 0 Å². The molecule has 0 aromatic carbocycles. The van der Waals surface area contributed by atoms with Crippen LogP contribution in [0.25, 0.3) is 0 Å². The molecule has 6 heteroatoms. The van der Waals surface area contributed by atoms with Gasteiger partial charge in [0.15, 0.2) is 0 Å². The predicted octanol–water partition coefficient (Wildman–Crippen LogP) is 1.60. The SMILES string of the molecule is CC(C)(C)NC(=O)c1ccnc(NCC2CCCO2)n1. The van der Waals surface area contributed by atoms with Crippen molar-refractivity contribution in [2.45, 2.75) is 45.3 Å². The molecule has 2 rings (SSSR count). The summed E-state index contributed by atoms with van der Waals surface area (Å²) in [6.07, 6.45) is 3.95. The third-order valence-corrected chi connectivity index (χ3v) is 2.89. The van der Waals surface area contributed by atoms with E-state index in [1.807, 2.05) is 20.8 Å². The molecule has 0 spiro atoms. The van der Waals surface area contributed by atoms with E-state index in [-0.39, 0.29) is 17.6 Å². The van der Waals surface area contributed by atoms with Gasteiger partial charge in [0, 0.05) is 24.9 Å². The lowest BCUT2D eigenvalue weighted by Crippen LogP contribution is -2.41. The van der Waals surface area contributed by atoms with E-state index in [9.17, 15) is 4.79 Å². The van der Waals surface area contributed by atoms with Gasteiger partial charge in [0.25, 0.3) is 5.91 Å². The first-order valence-corrected chi connectivity index (χ1v) is 6.95. The van der Waals surface area contributed by atoms with E-state index >= 15 is 0 Å². The number of hydrogen-bond acceptors (Lipinski definition) is 5. The molecule has 0 aliphatic carbocycles. The fraction of sp³-hybridized carbons (Fsp3) is 0.643. The van der Waals surface area contributed by atoms with Crippen molar-refractivity contribution < 1.29 is 9.53 Å². The highest BCUT2D eigenvalue weighted by molar-refractivity contribution is 5.92. The lowest BCUT2D eigenvalue weighted by Gasteiger charge is -2.20. The summed E-state index contributed by atoms with van der Waals surface area (Å²) in [7, 11) is 0. The molecule has 1 aliphatic rings. The van der Waals surface area contributed by atoms with Crippen LogP contribution in [0.3, 0.4) is 0 Å². The Bertz CT molecular complexity index is 464. The molecule has 1 saturated heterocycles. The summed E-state index contributed by atoms with van der Waals surface area (Å²) >= 11 is 0. The fourth-order valence-corrected chi connectivity index (χ4v) is 1.99. The summed E-state index contributed by atoms with van der Waals surface area (Å²) < 4.78 is 5.52. The molecule has 1 aromatic rings. The number of amides is 1. The Balaban J connectivity index is 1.94. The minimum absolute atomic E-state index is 0.194. The largest absolute Gasteiger partial charge is 0.376 e. The molecule has 1 amide bonds. The zero-order valence-electron chi connectivity index (χ0n) is 12.3. The van der Waals surface area contributed by atoms with Crippen molar-refractivity contribution in [3.63, 3.8) is 0 Å². The second kappa shape index (κ2) is 6.17. The van der Waals surface area contributed by atoms with Crippen molar-refractivity contribution in [3.05, 3.63) is 18.0 Å². The average Bonchev–Trinajstić information content (AvgIpc) is 2.88. The quantitative estimate of drug-likeness (QED) is 0.875. The highest BCUT2D eigenvalue weighted by atomic mass is 16.5. The lowest BCUT2D eigenvalue weighted by molar-refractivity contribution is 0.0914. The number of carbonyl (C=O) groups excluding carboxylic acids is 1. The van der Waals surface area contributed by atoms with Crippen molar-refractivity contribution in [2.24, 2.45) is 0 Å². The van der Waals surface area contributed by atoms with Crippen molar-refractivity contribution in [2.75, 3.05) is 18.5 Å². The van der Waals surface area contributed by atoms with E-state index in [0.717, 1.165) is 19.4 Å². The molecule has 110 valence electrons. The topological polar surface area (TPSA) is 76.1 Å². The van der Waals surface area contributed by atoms with Crippen LogP contribution in [0.5, 0.6) is 0 Å². The molecule has 0 radical (unpaired) electrons. The van der Waals surface area contributed by atoms with Gasteiger partial charge in [-0.2, -0.15) is 0 Å². The van der Waals surface area contributed by atoms with Crippen molar-refractivity contribution in [1.82, 2.24) is 15.3 Å². The van der Waals surface area contributed by atoms with Gasteiger partial charge in [0.1, 0.15) is 5.69 Å². The summed E-state index contributed by atoms with van der Waals surface area (Å²) in [6.45, 7) is 7.29. The van der Waals surface area contributed by atoms with Crippen LogP contribution in [0.2, 0.25) is 0 Å². The fourth-order valence-electron chi connectivity index (χ4n) is 1.99. The van der Waals surface area contributed by atoms with E-state index in [2.05, 4.69) is 20.6 Å². The number of hydrogen-bond donors (Lipinski definition) is 2. The van der Waals surface area contributed by atoms with Crippen LogP contribution >= 0.6 is 0 Å². The van der Waals surface area contributed by atoms with Crippen LogP contribution < -0.4 is 10.6 Å². The van der Waals surface area contributed by atoms with Crippen LogP contribution in [0.1, 0.15) is 44.1 Å². The summed E-state index contributed by atoms with van der Waals surface area (Å²) in [5.41, 5.74) is 0.0811. The average molecular weight is 278 g/mol. The molecule has 6 nitrogen and oxygen atoms in total. The third kappa shape index (κ3) is 4.45. The smallest absolute Gasteiger partial charge is 0.270 e. The molecular formula is C14H22N4O2. The maximum Gasteiger partial charge on any atom is 0.270 e. The summed E-state index contributed by atoms with van der Waals surface area (Å²) in [5.74, 6) is 0.266. The Labute approximate surface area is 119 Å². The highest BCUT2D eigenvalue weighted by Crippen LogP contribution is 2.12. The molecule has 2 heterocycles. The van der Waals surface area contributed by atoms with Crippen molar-refractivity contribution >= 4 is 11.9 Å². The number of ether oxygens (including phenoxy) is 1. The number of rotatable bonds is 4. The van der Waals surface area contributed by atoms with E-state index < -0.39 is 0 Å². The van der Waals surface area contributed by atoms with Gasteiger partial charge in [0.2, 0.25) is 5.95 Å². The number of anilines is 1. The van der Waals surface area contributed by atoms with Crippen molar-refractivity contribution in [3.8, 4) is 0 Å². The Hall–Kier alpha value is -1.69. The van der Waals surface area contributed by atoms with Crippen LogP contribution in [0.4, 0.5) is 5.95 Å². The van der Waals surface area contributed by atoms with E-state index in [0.29, 0.717) is 18.2 Å². The zero-order chi connectivity index (χ0) is 14.6. The number of aromatic nitrogens is 2. The van der Waals surface area contributed by atoms with Gasteiger partial charge in [-0.15, -0.1) is 0 Å². The van der Waals surface area contributed by atoms with Crippen LogP contribution in [-0.2, 0) is 4.74 Å². The molecule has 1 atom stereocenters. The van der Waals surface area contributed by atoms with Gasteiger partial charge < -0.3 is 15.4 Å². The summed E-state index contributed by atoms with van der Waals surface area (Å²) in [6, 6.07) is 1.61. The van der Waals surface area contributed by atoms with Gasteiger partial charge >= 0.3 is 0 Å². The first kappa shape index (κ1) is 14.7. The van der Waals surface area contributed by atoms with Crippen LogP contribution in [0, 0.1) is 0 Å². The maximum atomic E-state index is 12.0. The molecular weight excluding hydrogens is 256 g/mol. The molecule has 20 heavy (non-hydrogen) atoms. The molecule has 0 saturated carbocycles. The molecule has 1 unspecified atom stereocenters. The molecule has 1 aliphatic heterocycles. The number of carbonyl (C=O) groups is 1. The van der Waals surface area contributed by atoms with E-state index in [1.165, 1.54) is 0 Å². The molecule has 0 bridgehead atoms. The third-order valence-electron chi connectivity index (χ3n) is 2.89. The first-order valence-electron chi connectivity index (χ1n) is 6.95. The lowest BCUT2D eigenvalue weighted by atomic mass is 10.1. The molecule has 1 aromatic heterocycles. The minimum atomic E-state index is -0.284. The normalized spacial score (nSPS) is 18.9. The summed E-state index contributed by atoms with van der Waals surface area (Å²) in [4.78, 5) is 20.4. The number of nitrogens with zero attached hydrogens (tertiary/aromatic N) is 2. The number of nitrogens with one attached hydrogen (secondary N) is 2. The highest BCUT2D eigenvalue weighted by Gasteiger charge is 2.18. The van der Waals surface area contributed by atoms with Crippen LogP contribution in [0.15, 0.2) is 12.3 Å².